The molecule has 4 aromatic rings. The van der Waals surface area contributed by atoms with Crippen molar-refractivity contribution in [3.8, 4) is 17.3 Å². The van der Waals surface area contributed by atoms with Crippen molar-refractivity contribution in [2.75, 3.05) is 50.8 Å². The molecule has 2 aromatic heterocycles. The van der Waals surface area contributed by atoms with Crippen LogP contribution in [0.15, 0.2) is 55.1 Å². The molecule has 3 aliphatic rings. The van der Waals surface area contributed by atoms with E-state index in [9.17, 15) is 4.79 Å². The van der Waals surface area contributed by atoms with Gasteiger partial charge in [-0.05, 0) is 62.4 Å². The van der Waals surface area contributed by atoms with Gasteiger partial charge in [-0.15, -0.1) is 0 Å². The number of carbonyl (C=O) groups excluding carboxylic acids is 1. The largest absolute Gasteiger partial charge is 0.461 e. The van der Waals surface area contributed by atoms with Gasteiger partial charge in [-0.25, -0.2) is 11.6 Å². The number of pyridine rings is 1. The van der Waals surface area contributed by atoms with E-state index in [4.69, 9.17) is 49.5 Å². The highest BCUT2D eigenvalue weighted by Crippen LogP contribution is 2.41. The van der Waals surface area contributed by atoms with Crippen molar-refractivity contribution in [2.45, 2.75) is 37.3 Å². The Kier molecular flexibility index (Phi) is 7.98. The van der Waals surface area contributed by atoms with E-state index < -0.39 is 0 Å². The zero-order valence-corrected chi connectivity index (χ0v) is 26.4. The van der Waals surface area contributed by atoms with Gasteiger partial charge in [0, 0.05) is 35.6 Å². The zero-order valence-electron chi connectivity index (χ0n) is 24.9. The number of hydrogen-bond donors (Lipinski definition) is 0. The molecule has 0 spiro atoms. The van der Waals surface area contributed by atoms with E-state index in [0.29, 0.717) is 58.8 Å². The lowest BCUT2D eigenvalue weighted by Crippen LogP contribution is -2.56. The molecule has 2 aromatic carbocycles. The van der Waals surface area contributed by atoms with E-state index in [2.05, 4.69) is 21.2 Å². The van der Waals surface area contributed by atoms with Gasteiger partial charge in [0.25, 0.3) is 0 Å². The van der Waals surface area contributed by atoms with Crippen LogP contribution in [0, 0.1) is 6.57 Å². The summed E-state index contributed by atoms with van der Waals surface area (Å²) >= 11 is 13.7. The summed E-state index contributed by atoms with van der Waals surface area (Å²) in [5.74, 6) is 0.444. The second kappa shape index (κ2) is 12.1. The number of halogens is 2. The second-order valence-corrected chi connectivity index (χ2v) is 12.9. The van der Waals surface area contributed by atoms with Crippen molar-refractivity contribution < 1.29 is 9.53 Å². The fourth-order valence-corrected chi connectivity index (χ4v) is 7.90. The molecule has 3 saturated heterocycles. The van der Waals surface area contributed by atoms with Crippen LogP contribution in [0.2, 0.25) is 10.0 Å². The summed E-state index contributed by atoms with van der Waals surface area (Å²) in [5, 5.41) is 3.59. The Morgan fingerprint density at radius 1 is 1.07 bits per heavy atom. The molecule has 0 radical (unpaired) electrons. The van der Waals surface area contributed by atoms with Crippen LogP contribution in [-0.4, -0.2) is 88.1 Å². The van der Waals surface area contributed by atoms with Crippen LogP contribution in [-0.2, 0) is 4.79 Å². The molecular weight excluding hydrogens is 609 g/mol. The van der Waals surface area contributed by atoms with Gasteiger partial charge >= 0.3 is 6.01 Å². The predicted octanol–water partition coefficient (Wildman–Crippen LogP) is 6.28. The first-order chi connectivity index (χ1) is 21.9. The maximum atomic E-state index is 12.6. The Balaban J connectivity index is 1.33. The summed E-state index contributed by atoms with van der Waals surface area (Å²) in [5.41, 5.74) is 1.86. The van der Waals surface area contributed by atoms with Crippen molar-refractivity contribution in [3.05, 3.63) is 76.6 Å². The van der Waals surface area contributed by atoms with Crippen LogP contribution in [0.5, 0.6) is 6.01 Å². The van der Waals surface area contributed by atoms with Gasteiger partial charge in [-0.1, -0.05) is 60.1 Å². The van der Waals surface area contributed by atoms with Crippen LogP contribution < -0.4 is 9.64 Å². The third-order valence-corrected chi connectivity index (χ3v) is 10.1. The number of hydrogen-bond acceptors (Lipinski definition) is 7. The number of anilines is 1. The van der Waals surface area contributed by atoms with E-state index in [1.807, 2.05) is 42.5 Å². The molecule has 0 N–H and O–H groups in total. The number of ether oxygens (including phenoxy) is 1. The molecule has 5 heterocycles. The van der Waals surface area contributed by atoms with Crippen LogP contribution in [0.1, 0.15) is 25.7 Å². The molecular formula is C34H33Cl2N7O2. The van der Waals surface area contributed by atoms with Crippen molar-refractivity contribution >= 4 is 56.7 Å². The van der Waals surface area contributed by atoms with Gasteiger partial charge in [0.1, 0.15) is 18.5 Å². The number of carbonyl (C=O) groups is 1. The average molecular weight is 643 g/mol. The Morgan fingerprint density at radius 2 is 1.84 bits per heavy atom. The molecule has 0 aliphatic carbocycles. The summed E-state index contributed by atoms with van der Waals surface area (Å²) < 4.78 is 6.44. The monoisotopic (exact) mass is 641 g/mol. The summed E-state index contributed by atoms with van der Waals surface area (Å²) in [7, 11) is 0. The van der Waals surface area contributed by atoms with Crippen molar-refractivity contribution in [1.82, 2.24) is 24.8 Å². The summed E-state index contributed by atoms with van der Waals surface area (Å²) in [6.45, 7) is 15.4. The quantitative estimate of drug-likeness (QED) is 0.174. The zero-order chi connectivity index (χ0) is 31.1. The molecule has 11 heteroatoms. The van der Waals surface area contributed by atoms with Crippen LogP contribution in [0.4, 0.5) is 5.82 Å². The van der Waals surface area contributed by atoms with Gasteiger partial charge in [-0.3, -0.25) is 9.69 Å². The SMILES string of the molecule is [C-]#[N+]C[C@H]1CN(c2nc(OCC34CCCN3CCC4)nc3nc(-c4cccc5cccc(Cl)c45)c(Cl)cc23)CCN1C(=O)C=C. The molecule has 1 amide bonds. The number of benzene rings is 2. The smallest absolute Gasteiger partial charge is 0.320 e. The highest BCUT2D eigenvalue weighted by molar-refractivity contribution is 6.38. The van der Waals surface area contributed by atoms with Gasteiger partial charge < -0.3 is 19.4 Å². The third kappa shape index (κ3) is 5.35. The summed E-state index contributed by atoms with van der Waals surface area (Å²) in [4.78, 5) is 37.4. The molecule has 3 fully saturated rings. The number of rotatable bonds is 7. The standard InChI is InChI=1S/C34H33Cl2N7O2/c1-3-28(44)43-17-16-41(20-23(43)19-37-2)32-25-18-27(36)30(24-10-4-8-22-9-5-11-26(35)29(22)24)38-31(25)39-33(40-32)45-21-34-12-6-14-42(34)15-7-13-34/h3-5,8-11,18,23H,1,6-7,12-17,19-21H2/t23-/m0/s1. The van der Waals surface area contributed by atoms with Crippen molar-refractivity contribution in [2.24, 2.45) is 0 Å². The van der Waals surface area contributed by atoms with Gasteiger partial charge in [0.2, 0.25) is 12.5 Å². The first-order valence-corrected chi connectivity index (χ1v) is 16.1. The minimum absolute atomic E-state index is 0.0220. The molecule has 3 aliphatic heterocycles. The Labute approximate surface area is 272 Å². The minimum Gasteiger partial charge on any atom is -0.461 e. The van der Waals surface area contributed by atoms with Gasteiger partial charge in [0.05, 0.1) is 21.6 Å². The Morgan fingerprint density at radius 3 is 2.60 bits per heavy atom. The summed E-state index contributed by atoms with van der Waals surface area (Å²) in [6.07, 6.45) is 5.84. The van der Waals surface area contributed by atoms with Crippen LogP contribution >= 0.6 is 23.2 Å². The summed E-state index contributed by atoms with van der Waals surface area (Å²) in [6, 6.07) is 13.5. The molecule has 9 nitrogen and oxygen atoms in total. The minimum atomic E-state index is -0.318. The van der Waals surface area contributed by atoms with Gasteiger partial charge in [-0.2, -0.15) is 9.97 Å². The van der Waals surface area contributed by atoms with Crippen molar-refractivity contribution in [1.29, 1.82) is 0 Å². The normalized spacial score (nSPS) is 19.5. The number of aromatic nitrogens is 3. The van der Waals surface area contributed by atoms with E-state index in [0.717, 1.165) is 42.3 Å². The van der Waals surface area contributed by atoms with E-state index in [1.165, 1.54) is 18.9 Å². The maximum absolute atomic E-state index is 12.6. The molecule has 7 rings (SSSR count). The van der Waals surface area contributed by atoms with E-state index in [-0.39, 0.29) is 30.0 Å². The topological polar surface area (TPSA) is 79.1 Å². The van der Waals surface area contributed by atoms with E-state index >= 15 is 0 Å². The first-order valence-electron chi connectivity index (χ1n) is 15.4. The number of amides is 1. The van der Waals surface area contributed by atoms with E-state index in [1.54, 1.807) is 4.90 Å². The van der Waals surface area contributed by atoms with Crippen molar-refractivity contribution in [3.63, 3.8) is 0 Å². The molecule has 45 heavy (non-hydrogen) atoms. The molecule has 0 unspecified atom stereocenters. The van der Waals surface area contributed by atoms with Gasteiger partial charge in [0.15, 0.2) is 5.65 Å². The molecule has 0 saturated carbocycles. The van der Waals surface area contributed by atoms with Crippen LogP contribution in [0.25, 0.3) is 37.9 Å². The predicted molar refractivity (Wildman–Crippen MR) is 178 cm³/mol. The van der Waals surface area contributed by atoms with Crippen LogP contribution in [0.3, 0.4) is 0 Å². The number of nitrogens with zero attached hydrogens (tertiary/aromatic N) is 7. The lowest BCUT2D eigenvalue weighted by molar-refractivity contribution is -0.128. The maximum Gasteiger partial charge on any atom is 0.320 e. The highest BCUT2D eigenvalue weighted by atomic mass is 35.5. The number of piperazine rings is 1. The fourth-order valence-electron chi connectivity index (χ4n) is 7.36. The molecule has 1 atom stereocenters. The number of fused-ring (bicyclic) bond motifs is 3. The molecule has 0 bridgehead atoms. The Hall–Kier alpha value is -3.97. The fraction of sp³-hybridized carbons (Fsp3) is 0.382. The first kappa shape index (κ1) is 29.7. The third-order valence-electron chi connectivity index (χ3n) is 9.53. The second-order valence-electron chi connectivity index (χ2n) is 12.0. The highest BCUT2D eigenvalue weighted by Gasteiger charge is 2.45. The average Bonchev–Trinajstić information content (AvgIpc) is 3.64. The lowest BCUT2D eigenvalue weighted by Gasteiger charge is -2.39. The Bertz CT molecular complexity index is 1840. The lowest BCUT2D eigenvalue weighted by atomic mass is 9.95. The molecule has 230 valence electrons.